The Morgan fingerprint density at radius 3 is 2.31 bits per heavy atom. The normalized spacial score (nSPS) is 19.3. The zero-order chi connectivity index (χ0) is 26.9. The van der Waals surface area contributed by atoms with Gasteiger partial charge in [-0.25, -0.2) is 0 Å². The van der Waals surface area contributed by atoms with E-state index >= 15 is 0 Å². The molecule has 204 valence electrons. The maximum atomic E-state index is 13.4. The molecule has 1 N–H and O–H groups in total. The van der Waals surface area contributed by atoms with Crippen LogP contribution in [0.2, 0.25) is 0 Å². The van der Waals surface area contributed by atoms with E-state index in [2.05, 4.69) is 39.6 Å². The standard InChI is InChI=1S/C32H39N5O2/c1-22-7-8-26(17-30(22)34-31(38)28-20-37(21-28)29-5-3-4-6-29)32(39)36-15-13-25(14-16-36)23-9-11-24(12-10-23)27-18-33-35(2)19-27/h7-12,17-19,25,28-29H,3-6,13-16,20-21H2,1-2H3,(H,34,38). The van der Waals surface area contributed by atoms with Gasteiger partial charge in [-0.15, -0.1) is 0 Å². The highest BCUT2D eigenvalue weighted by Gasteiger charge is 2.37. The Labute approximate surface area is 231 Å². The largest absolute Gasteiger partial charge is 0.339 e. The molecule has 0 radical (unpaired) electrons. The minimum atomic E-state index is 0.0433. The van der Waals surface area contributed by atoms with Gasteiger partial charge in [-0.2, -0.15) is 5.10 Å². The van der Waals surface area contributed by atoms with Gasteiger partial charge in [0.05, 0.1) is 12.1 Å². The van der Waals surface area contributed by atoms with Crippen LogP contribution in [-0.2, 0) is 11.8 Å². The second kappa shape index (κ2) is 11.0. The molecule has 1 saturated carbocycles. The fourth-order valence-electron chi connectivity index (χ4n) is 6.49. The Balaban J connectivity index is 1.03. The Morgan fingerprint density at radius 1 is 0.923 bits per heavy atom. The predicted octanol–water partition coefficient (Wildman–Crippen LogP) is 5.23. The number of aromatic nitrogens is 2. The van der Waals surface area contributed by atoms with Crippen molar-refractivity contribution in [3.63, 3.8) is 0 Å². The van der Waals surface area contributed by atoms with E-state index in [1.165, 1.54) is 36.8 Å². The van der Waals surface area contributed by atoms with Gasteiger partial charge in [0.25, 0.3) is 5.91 Å². The first-order valence-corrected chi connectivity index (χ1v) is 14.5. The molecule has 0 bridgehead atoms. The minimum absolute atomic E-state index is 0.0433. The Bertz CT molecular complexity index is 1330. The smallest absolute Gasteiger partial charge is 0.253 e. The van der Waals surface area contributed by atoms with Gasteiger partial charge >= 0.3 is 0 Å². The summed E-state index contributed by atoms with van der Waals surface area (Å²) in [6, 6.07) is 15.2. The molecule has 7 nitrogen and oxygen atoms in total. The van der Waals surface area contributed by atoms with Gasteiger partial charge in [-0.1, -0.05) is 43.2 Å². The zero-order valence-electron chi connectivity index (χ0n) is 23.1. The van der Waals surface area contributed by atoms with Crippen LogP contribution in [0.5, 0.6) is 0 Å². The van der Waals surface area contributed by atoms with Crippen LogP contribution in [0.25, 0.3) is 11.1 Å². The van der Waals surface area contributed by atoms with Crippen molar-refractivity contribution in [3.05, 3.63) is 71.5 Å². The van der Waals surface area contributed by atoms with E-state index in [-0.39, 0.29) is 17.7 Å². The molecule has 3 aromatic rings. The molecule has 2 aliphatic heterocycles. The van der Waals surface area contributed by atoms with E-state index in [0.717, 1.165) is 55.8 Å². The number of hydrogen-bond acceptors (Lipinski definition) is 4. The second-order valence-corrected chi connectivity index (χ2v) is 11.7. The van der Waals surface area contributed by atoms with Crippen molar-refractivity contribution in [2.45, 2.75) is 57.4 Å². The molecule has 7 heteroatoms. The molecule has 3 heterocycles. The number of hydrogen-bond donors (Lipinski definition) is 1. The molecular formula is C32H39N5O2. The Kier molecular flexibility index (Phi) is 7.26. The van der Waals surface area contributed by atoms with Crippen LogP contribution < -0.4 is 5.32 Å². The summed E-state index contributed by atoms with van der Waals surface area (Å²) in [6.45, 7) is 5.18. The number of anilines is 1. The number of piperidine rings is 1. The van der Waals surface area contributed by atoms with Crippen molar-refractivity contribution in [1.29, 1.82) is 0 Å². The summed E-state index contributed by atoms with van der Waals surface area (Å²) < 4.78 is 1.82. The number of amides is 2. The highest BCUT2D eigenvalue weighted by molar-refractivity contribution is 5.98. The number of nitrogens with zero attached hydrogens (tertiary/aromatic N) is 4. The van der Waals surface area contributed by atoms with Crippen molar-refractivity contribution in [1.82, 2.24) is 19.6 Å². The van der Waals surface area contributed by atoms with Crippen LogP contribution in [0.15, 0.2) is 54.9 Å². The predicted molar refractivity (Wildman–Crippen MR) is 154 cm³/mol. The fraction of sp³-hybridized carbons (Fsp3) is 0.469. The van der Waals surface area contributed by atoms with E-state index in [9.17, 15) is 9.59 Å². The zero-order valence-corrected chi connectivity index (χ0v) is 23.1. The van der Waals surface area contributed by atoms with Gasteiger partial charge in [-0.3, -0.25) is 19.2 Å². The minimum Gasteiger partial charge on any atom is -0.339 e. The van der Waals surface area contributed by atoms with Crippen molar-refractivity contribution >= 4 is 17.5 Å². The maximum Gasteiger partial charge on any atom is 0.253 e. The van der Waals surface area contributed by atoms with Crippen LogP contribution in [0.3, 0.4) is 0 Å². The van der Waals surface area contributed by atoms with Crippen LogP contribution in [0.4, 0.5) is 5.69 Å². The van der Waals surface area contributed by atoms with Crippen molar-refractivity contribution < 1.29 is 9.59 Å². The molecule has 0 atom stereocenters. The fourth-order valence-corrected chi connectivity index (χ4v) is 6.49. The summed E-state index contributed by atoms with van der Waals surface area (Å²) in [4.78, 5) is 30.7. The van der Waals surface area contributed by atoms with Crippen LogP contribution in [-0.4, -0.2) is 63.6 Å². The topological polar surface area (TPSA) is 70.5 Å². The Morgan fingerprint density at radius 2 is 1.64 bits per heavy atom. The van der Waals surface area contributed by atoms with Gasteiger partial charge in [0.2, 0.25) is 5.91 Å². The summed E-state index contributed by atoms with van der Waals surface area (Å²) in [5.41, 5.74) is 6.02. The lowest BCUT2D eigenvalue weighted by molar-refractivity contribution is -0.125. The number of rotatable bonds is 6. The van der Waals surface area contributed by atoms with Crippen molar-refractivity contribution in [2.75, 3.05) is 31.5 Å². The van der Waals surface area contributed by atoms with Crippen molar-refractivity contribution in [3.8, 4) is 11.1 Å². The molecule has 1 aliphatic carbocycles. The van der Waals surface area contributed by atoms with Gasteiger partial charge < -0.3 is 10.2 Å². The molecule has 2 saturated heterocycles. The van der Waals surface area contributed by atoms with Gasteiger partial charge in [-0.05, 0) is 67.3 Å². The number of likely N-dealkylation sites (tertiary alicyclic amines) is 2. The number of carbonyl (C=O) groups is 2. The van der Waals surface area contributed by atoms with Crippen LogP contribution >= 0.6 is 0 Å². The van der Waals surface area contributed by atoms with Gasteiger partial charge in [0.1, 0.15) is 0 Å². The quantitative estimate of drug-likeness (QED) is 0.479. The van der Waals surface area contributed by atoms with E-state index in [1.54, 1.807) is 0 Å². The SMILES string of the molecule is Cc1ccc(C(=O)N2CCC(c3ccc(-c4cnn(C)c4)cc3)CC2)cc1NC(=O)C1CN(C2CCCC2)C1. The van der Waals surface area contributed by atoms with Gasteiger partial charge in [0.15, 0.2) is 0 Å². The first-order valence-electron chi connectivity index (χ1n) is 14.5. The molecule has 2 aromatic carbocycles. The summed E-state index contributed by atoms with van der Waals surface area (Å²) in [5, 5.41) is 7.39. The van der Waals surface area contributed by atoms with E-state index in [0.29, 0.717) is 17.5 Å². The molecule has 6 rings (SSSR count). The van der Waals surface area contributed by atoms with E-state index in [4.69, 9.17) is 0 Å². The summed E-state index contributed by atoms with van der Waals surface area (Å²) in [6.07, 6.45) is 11.0. The lowest BCUT2D eigenvalue weighted by Crippen LogP contribution is -2.55. The summed E-state index contributed by atoms with van der Waals surface area (Å²) >= 11 is 0. The van der Waals surface area contributed by atoms with E-state index in [1.807, 2.05) is 54.1 Å². The average Bonchev–Trinajstić information content (AvgIpc) is 3.61. The highest BCUT2D eigenvalue weighted by Crippen LogP contribution is 2.32. The van der Waals surface area contributed by atoms with Crippen LogP contribution in [0, 0.1) is 12.8 Å². The number of carbonyl (C=O) groups excluding carboxylic acids is 2. The lowest BCUT2D eigenvalue weighted by atomic mass is 9.88. The van der Waals surface area contributed by atoms with E-state index < -0.39 is 0 Å². The summed E-state index contributed by atoms with van der Waals surface area (Å²) in [7, 11) is 1.93. The first-order chi connectivity index (χ1) is 18.9. The third-order valence-electron chi connectivity index (χ3n) is 9.07. The maximum absolute atomic E-state index is 13.4. The Hall–Kier alpha value is -3.45. The molecule has 0 spiro atoms. The number of benzene rings is 2. The molecule has 2 amide bonds. The van der Waals surface area contributed by atoms with Crippen molar-refractivity contribution in [2.24, 2.45) is 13.0 Å². The molecule has 39 heavy (non-hydrogen) atoms. The second-order valence-electron chi connectivity index (χ2n) is 11.7. The highest BCUT2D eigenvalue weighted by atomic mass is 16.2. The number of nitrogens with one attached hydrogen (secondary N) is 1. The lowest BCUT2D eigenvalue weighted by Gasteiger charge is -2.42. The average molecular weight is 526 g/mol. The monoisotopic (exact) mass is 525 g/mol. The molecule has 3 fully saturated rings. The number of aryl methyl sites for hydroxylation is 2. The third kappa shape index (κ3) is 5.50. The van der Waals surface area contributed by atoms with Gasteiger partial charge in [0, 0.05) is 62.3 Å². The third-order valence-corrected chi connectivity index (χ3v) is 9.07. The first kappa shape index (κ1) is 25.8. The summed E-state index contributed by atoms with van der Waals surface area (Å²) in [5.74, 6) is 0.622. The molecule has 0 unspecified atom stereocenters. The molecular weight excluding hydrogens is 486 g/mol. The van der Waals surface area contributed by atoms with Crippen LogP contribution in [0.1, 0.15) is 65.9 Å². The molecule has 1 aromatic heterocycles. The molecule has 3 aliphatic rings.